The average Bonchev–Trinajstić information content (AvgIpc) is 2.49. The number of pyridine rings is 1. The molecule has 0 saturated carbocycles. The second kappa shape index (κ2) is 7.09. The van der Waals surface area contributed by atoms with Crippen molar-refractivity contribution in [3.63, 3.8) is 0 Å². The molecule has 2 rings (SSSR count). The maximum Gasteiger partial charge on any atom is 0.251 e. The number of anilines is 1. The van der Waals surface area contributed by atoms with E-state index in [0.29, 0.717) is 6.61 Å². The van der Waals surface area contributed by atoms with E-state index in [-0.39, 0.29) is 5.91 Å². The van der Waals surface area contributed by atoms with E-state index < -0.39 is 0 Å². The topological polar surface area (TPSA) is 51.2 Å². The molecule has 0 aliphatic rings. The SMILES string of the molecule is CCO/C=C\C(=O)Nc1cccc(-c2cccnc2)c1. The Morgan fingerprint density at radius 3 is 2.90 bits per heavy atom. The van der Waals surface area contributed by atoms with Gasteiger partial charge in [0, 0.05) is 29.7 Å². The van der Waals surface area contributed by atoms with Crippen molar-refractivity contribution in [3.8, 4) is 11.1 Å². The molecule has 0 aliphatic heterocycles. The lowest BCUT2D eigenvalue weighted by Gasteiger charge is -2.05. The molecule has 1 amide bonds. The fourth-order valence-electron chi connectivity index (χ4n) is 1.70. The largest absolute Gasteiger partial charge is 0.501 e. The molecule has 0 saturated heterocycles. The first kappa shape index (κ1) is 13.8. The predicted molar refractivity (Wildman–Crippen MR) is 79.1 cm³/mol. The van der Waals surface area contributed by atoms with Crippen LogP contribution < -0.4 is 5.32 Å². The second-order valence-corrected chi connectivity index (χ2v) is 4.07. The highest BCUT2D eigenvalue weighted by Crippen LogP contribution is 2.21. The summed E-state index contributed by atoms with van der Waals surface area (Å²) in [4.78, 5) is 15.7. The lowest BCUT2D eigenvalue weighted by Crippen LogP contribution is -2.07. The van der Waals surface area contributed by atoms with E-state index in [1.54, 1.807) is 12.4 Å². The molecule has 4 heteroatoms. The van der Waals surface area contributed by atoms with Gasteiger partial charge in [0.15, 0.2) is 0 Å². The van der Waals surface area contributed by atoms with Gasteiger partial charge in [-0.15, -0.1) is 0 Å². The van der Waals surface area contributed by atoms with Crippen molar-refractivity contribution in [1.82, 2.24) is 4.98 Å². The minimum atomic E-state index is -0.221. The van der Waals surface area contributed by atoms with Gasteiger partial charge in [0.05, 0.1) is 12.9 Å². The molecule has 1 heterocycles. The number of carbonyl (C=O) groups is 1. The number of nitrogens with one attached hydrogen (secondary N) is 1. The zero-order chi connectivity index (χ0) is 14.2. The first-order valence-electron chi connectivity index (χ1n) is 6.39. The van der Waals surface area contributed by atoms with Crippen molar-refractivity contribution in [1.29, 1.82) is 0 Å². The van der Waals surface area contributed by atoms with Gasteiger partial charge in [0.1, 0.15) is 0 Å². The van der Waals surface area contributed by atoms with Crippen LogP contribution in [-0.4, -0.2) is 17.5 Å². The third-order valence-electron chi connectivity index (χ3n) is 2.61. The van der Waals surface area contributed by atoms with Crippen LogP contribution in [0.2, 0.25) is 0 Å². The van der Waals surface area contributed by atoms with Crippen molar-refractivity contribution >= 4 is 11.6 Å². The molecule has 4 nitrogen and oxygen atoms in total. The van der Waals surface area contributed by atoms with Gasteiger partial charge >= 0.3 is 0 Å². The number of benzene rings is 1. The number of rotatable bonds is 5. The summed E-state index contributed by atoms with van der Waals surface area (Å²) in [5.41, 5.74) is 2.75. The Labute approximate surface area is 118 Å². The summed E-state index contributed by atoms with van der Waals surface area (Å²) in [5, 5.41) is 2.78. The lowest BCUT2D eigenvalue weighted by atomic mass is 10.1. The summed E-state index contributed by atoms with van der Waals surface area (Å²) in [6, 6.07) is 11.5. The van der Waals surface area contributed by atoms with Gasteiger partial charge in [-0.05, 0) is 30.7 Å². The third-order valence-corrected chi connectivity index (χ3v) is 2.61. The summed E-state index contributed by atoms with van der Waals surface area (Å²) < 4.78 is 4.99. The monoisotopic (exact) mass is 268 g/mol. The summed E-state index contributed by atoms with van der Waals surface area (Å²) in [6.45, 7) is 2.40. The predicted octanol–water partition coefficient (Wildman–Crippen LogP) is 3.24. The molecule has 0 spiro atoms. The maximum absolute atomic E-state index is 11.6. The molecular weight excluding hydrogens is 252 g/mol. The highest BCUT2D eigenvalue weighted by molar-refractivity contribution is 5.99. The van der Waals surface area contributed by atoms with E-state index >= 15 is 0 Å². The van der Waals surface area contributed by atoms with Crippen molar-refractivity contribution in [2.75, 3.05) is 11.9 Å². The van der Waals surface area contributed by atoms with E-state index in [0.717, 1.165) is 16.8 Å². The number of carbonyl (C=O) groups excluding carboxylic acids is 1. The Morgan fingerprint density at radius 2 is 2.15 bits per heavy atom. The third kappa shape index (κ3) is 3.95. The van der Waals surface area contributed by atoms with Crippen LogP contribution >= 0.6 is 0 Å². The minimum Gasteiger partial charge on any atom is -0.501 e. The number of nitrogens with zero attached hydrogens (tertiary/aromatic N) is 1. The smallest absolute Gasteiger partial charge is 0.251 e. The Morgan fingerprint density at radius 1 is 1.30 bits per heavy atom. The van der Waals surface area contributed by atoms with Crippen LogP contribution in [0.3, 0.4) is 0 Å². The van der Waals surface area contributed by atoms with Crippen LogP contribution in [0.1, 0.15) is 6.92 Å². The number of hydrogen-bond acceptors (Lipinski definition) is 3. The molecular formula is C16H16N2O2. The first-order chi connectivity index (χ1) is 9.79. The number of hydrogen-bond donors (Lipinski definition) is 1. The molecule has 1 N–H and O–H groups in total. The summed E-state index contributed by atoms with van der Waals surface area (Å²) in [6.07, 6.45) is 6.27. The Kier molecular flexibility index (Phi) is 4.89. The molecule has 20 heavy (non-hydrogen) atoms. The fourth-order valence-corrected chi connectivity index (χ4v) is 1.70. The standard InChI is InChI=1S/C16H16N2O2/c1-2-20-10-8-16(19)18-15-7-3-5-13(11-15)14-6-4-9-17-12-14/h3-12H,2H2,1H3,(H,18,19)/b10-8-. The van der Waals surface area contributed by atoms with Gasteiger partial charge in [-0.2, -0.15) is 0 Å². The van der Waals surface area contributed by atoms with Crippen LogP contribution in [0, 0.1) is 0 Å². The van der Waals surface area contributed by atoms with Gasteiger partial charge in [-0.1, -0.05) is 18.2 Å². The van der Waals surface area contributed by atoms with Gasteiger partial charge in [0.2, 0.25) is 0 Å². The van der Waals surface area contributed by atoms with Crippen LogP contribution in [0.5, 0.6) is 0 Å². The van der Waals surface area contributed by atoms with Crippen molar-refractivity contribution in [2.24, 2.45) is 0 Å². The zero-order valence-electron chi connectivity index (χ0n) is 11.2. The average molecular weight is 268 g/mol. The van der Waals surface area contributed by atoms with Gasteiger partial charge in [0.25, 0.3) is 5.91 Å². The van der Waals surface area contributed by atoms with E-state index in [1.807, 2.05) is 43.3 Å². The Balaban J connectivity index is 2.09. The van der Waals surface area contributed by atoms with E-state index in [4.69, 9.17) is 4.74 Å². The highest BCUT2D eigenvalue weighted by Gasteiger charge is 2.01. The quantitative estimate of drug-likeness (QED) is 0.669. The molecule has 0 radical (unpaired) electrons. The molecule has 1 aromatic heterocycles. The van der Waals surface area contributed by atoms with Crippen LogP contribution in [-0.2, 0) is 9.53 Å². The van der Waals surface area contributed by atoms with E-state index in [1.165, 1.54) is 12.3 Å². The van der Waals surface area contributed by atoms with Gasteiger partial charge in [-0.3, -0.25) is 9.78 Å². The molecule has 0 atom stereocenters. The first-order valence-corrected chi connectivity index (χ1v) is 6.39. The number of ether oxygens (including phenoxy) is 1. The normalized spacial score (nSPS) is 10.4. The number of amides is 1. The Bertz CT molecular complexity index is 594. The molecule has 0 bridgehead atoms. The van der Waals surface area contributed by atoms with Crippen molar-refractivity contribution in [3.05, 3.63) is 61.1 Å². The molecule has 2 aromatic rings. The van der Waals surface area contributed by atoms with Crippen molar-refractivity contribution in [2.45, 2.75) is 6.92 Å². The molecule has 0 fully saturated rings. The molecule has 0 unspecified atom stereocenters. The van der Waals surface area contributed by atoms with Crippen LogP contribution in [0.15, 0.2) is 61.1 Å². The maximum atomic E-state index is 11.6. The number of aromatic nitrogens is 1. The van der Waals surface area contributed by atoms with Crippen LogP contribution in [0.25, 0.3) is 11.1 Å². The molecule has 102 valence electrons. The summed E-state index contributed by atoms with van der Waals surface area (Å²) >= 11 is 0. The molecule has 0 aliphatic carbocycles. The summed E-state index contributed by atoms with van der Waals surface area (Å²) in [5.74, 6) is -0.221. The second-order valence-electron chi connectivity index (χ2n) is 4.07. The van der Waals surface area contributed by atoms with Gasteiger partial charge in [-0.25, -0.2) is 0 Å². The van der Waals surface area contributed by atoms with Gasteiger partial charge < -0.3 is 10.1 Å². The minimum absolute atomic E-state index is 0.221. The fraction of sp³-hybridized carbons (Fsp3) is 0.125. The highest BCUT2D eigenvalue weighted by atomic mass is 16.5. The molecule has 1 aromatic carbocycles. The zero-order valence-corrected chi connectivity index (χ0v) is 11.2. The summed E-state index contributed by atoms with van der Waals surface area (Å²) in [7, 11) is 0. The lowest BCUT2D eigenvalue weighted by molar-refractivity contribution is -0.112. The Hall–Kier alpha value is -2.62. The van der Waals surface area contributed by atoms with E-state index in [2.05, 4.69) is 10.3 Å². The van der Waals surface area contributed by atoms with Crippen molar-refractivity contribution < 1.29 is 9.53 Å². The van der Waals surface area contributed by atoms with E-state index in [9.17, 15) is 4.79 Å². The van der Waals surface area contributed by atoms with Crippen LogP contribution in [0.4, 0.5) is 5.69 Å².